The Labute approximate surface area is 86.5 Å². The summed E-state index contributed by atoms with van der Waals surface area (Å²) >= 11 is 0. The van der Waals surface area contributed by atoms with Crippen LogP contribution in [0.15, 0.2) is 12.1 Å². The molecule has 1 nitrogen and oxygen atoms in total. The molecule has 0 aliphatic heterocycles. The average Bonchev–Trinajstić information content (AvgIpc) is 2.10. The molecule has 0 aromatic heterocycles. The monoisotopic (exact) mass is 225 g/mol. The van der Waals surface area contributed by atoms with Gasteiger partial charge in [-0.05, 0) is 12.5 Å². The van der Waals surface area contributed by atoms with Crippen LogP contribution in [-0.4, -0.2) is 0 Å². The molecule has 0 heterocycles. The van der Waals surface area contributed by atoms with Crippen molar-refractivity contribution in [2.45, 2.75) is 19.4 Å². The maximum atomic E-state index is 13.0. The van der Waals surface area contributed by atoms with Crippen molar-refractivity contribution < 1.29 is 13.2 Å². The fraction of sp³-hybridized carbons (Fsp3) is 0.333. The molecule has 1 rings (SSSR count). The Hall–Kier alpha value is -0.740. The van der Waals surface area contributed by atoms with Gasteiger partial charge in [0.2, 0.25) is 0 Å². The number of halogens is 4. The van der Waals surface area contributed by atoms with Gasteiger partial charge in [-0.3, -0.25) is 0 Å². The van der Waals surface area contributed by atoms with Gasteiger partial charge >= 0.3 is 0 Å². The highest BCUT2D eigenvalue weighted by Crippen LogP contribution is 2.21. The van der Waals surface area contributed by atoms with Crippen molar-refractivity contribution in [3.05, 3.63) is 35.1 Å². The molecular weight excluding hydrogens is 215 g/mol. The highest BCUT2D eigenvalue weighted by molar-refractivity contribution is 5.85. The third-order valence-corrected chi connectivity index (χ3v) is 1.86. The molecule has 1 atom stereocenters. The van der Waals surface area contributed by atoms with Crippen LogP contribution >= 0.6 is 12.4 Å². The molecule has 0 bridgehead atoms. The number of benzene rings is 1. The summed E-state index contributed by atoms with van der Waals surface area (Å²) in [5, 5.41) is 0. The summed E-state index contributed by atoms with van der Waals surface area (Å²) < 4.78 is 38.3. The third kappa shape index (κ3) is 2.62. The Kier molecular flexibility index (Phi) is 4.94. The first kappa shape index (κ1) is 13.3. The predicted octanol–water partition coefficient (Wildman–Crippen LogP) is 2.94. The number of hydrogen-bond acceptors (Lipinski definition) is 1. The Balaban J connectivity index is 0.00000169. The molecule has 0 spiro atoms. The number of nitrogens with two attached hydrogens (primary N) is 1. The van der Waals surface area contributed by atoms with Crippen LogP contribution in [0.2, 0.25) is 0 Å². The van der Waals surface area contributed by atoms with Gasteiger partial charge in [0.1, 0.15) is 5.82 Å². The molecule has 5 heteroatoms. The lowest BCUT2D eigenvalue weighted by Crippen LogP contribution is -2.12. The average molecular weight is 226 g/mol. The van der Waals surface area contributed by atoms with Crippen LogP contribution in [0.25, 0.3) is 0 Å². The molecule has 80 valence electrons. The van der Waals surface area contributed by atoms with E-state index in [0.29, 0.717) is 12.5 Å². The summed E-state index contributed by atoms with van der Waals surface area (Å²) in [6.45, 7) is 1.72. The zero-order valence-corrected chi connectivity index (χ0v) is 8.38. The molecule has 0 fully saturated rings. The van der Waals surface area contributed by atoms with E-state index in [0.717, 1.165) is 6.07 Å². The molecule has 1 aromatic rings. The van der Waals surface area contributed by atoms with Gasteiger partial charge in [0.15, 0.2) is 11.6 Å². The summed E-state index contributed by atoms with van der Waals surface area (Å²) in [5.41, 5.74) is 5.35. The largest absolute Gasteiger partial charge is 0.324 e. The van der Waals surface area contributed by atoms with Gasteiger partial charge in [0.05, 0.1) is 0 Å². The third-order valence-electron chi connectivity index (χ3n) is 1.86. The zero-order chi connectivity index (χ0) is 10.0. The molecule has 0 unspecified atom stereocenters. The van der Waals surface area contributed by atoms with E-state index in [1.807, 2.05) is 0 Å². The Morgan fingerprint density at radius 3 is 2.36 bits per heavy atom. The molecule has 0 amide bonds. The quantitative estimate of drug-likeness (QED) is 0.770. The first-order valence-corrected chi connectivity index (χ1v) is 3.96. The highest BCUT2D eigenvalue weighted by Gasteiger charge is 2.15. The SMILES string of the molecule is CC[C@H](N)c1cc(F)cc(F)c1F.Cl. The lowest BCUT2D eigenvalue weighted by atomic mass is 10.0. The number of rotatable bonds is 2. The first-order valence-electron chi connectivity index (χ1n) is 3.96. The van der Waals surface area contributed by atoms with Gasteiger partial charge < -0.3 is 5.73 Å². The minimum Gasteiger partial charge on any atom is -0.324 e. The molecule has 14 heavy (non-hydrogen) atoms. The Morgan fingerprint density at radius 1 is 1.29 bits per heavy atom. The van der Waals surface area contributed by atoms with Crippen molar-refractivity contribution >= 4 is 12.4 Å². The van der Waals surface area contributed by atoms with Crippen molar-refractivity contribution in [2.24, 2.45) is 5.73 Å². The van der Waals surface area contributed by atoms with Crippen LogP contribution in [0, 0.1) is 17.5 Å². The smallest absolute Gasteiger partial charge is 0.163 e. The van der Waals surface area contributed by atoms with Gasteiger partial charge in [0.25, 0.3) is 0 Å². The van der Waals surface area contributed by atoms with Gasteiger partial charge in [-0.1, -0.05) is 6.92 Å². The van der Waals surface area contributed by atoms with E-state index in [9.17, 15) is 13.2 Å². The predicted molar refractivity (Wildman–Crippen MR) is 50.8 cm³/mol. The summed E-state index contributed by atoms with van der Waals surface area (Å²) in [7, 11) is 0. The molecule has 1 aromatic carbocycles. The van der Waals surface area contributed by atoms with Crippen LogP contribution in [0.4, 0.5) is 13.2 Å². The molecule has 0 saturated heterocycles. The van der Waals surface area contributed by atoms with Gasteiger partial charge in [-0.25, -0.2) is 13.2 Å². The minimum atomic E-state index is -1.20. The van der Waals surface area contributed by atoms with E-state index >= 15 is 0 Å². The maximum Gasteiger partial charge on any atom is 0.163 e. The van der Waals surface area contributed by atoms with E-state index in [1.165, 1.54) is 0 Å². The van der Waals surface area contributed by atoms with Crippen molar-refractivity contribution in [1.29, 1.82) is 0 Å². The Morgan fingerprint density at radius 2 is 1.86 bits per heavy atom. The summed E-state index contributed by atoms with van der Waals surface area (Å²) in [5.74, 6) is -3.06. The fourth-order valence-corrected chi connectivity index (χ4v) is 1.07. The normalized spacial score (nSPS) is 12.1. The second kappa shape index (κ2) is 5.22. The fourth-order valence-electron chi connectivity index (χ4n) is 1.07. The van der Waals surface area contributed by atoms with Crippen molar-refractivity contribution in [1.82, 2.24) is 0 Å². The lowest BCUT2D eigenvalue weighted by molar-refractivity contribution is 0.473. The van der Waals surface area contributed by atoms with Crippen LogP contribution in [0.3, 0.4) is 0 Å². The van der Waals surface area contributed by atoms with E-state index < -0.39 is 23.5 Å². The standard InChI is InChI=1S/C9H10F3N.ClH/c1-2-8(13)6-3-5(10)4-7(11)9(6)12;/h3-4,8H,2,13H2,1H3;1H/t8-;/m0./s1. The van der Waals surface area contributed by atoms with Crippen LogP contribution in [0.1, 0.15) is 24.9 Å². The molecule has 2 N–H and O–H groups in total. The number of hydrogen-bond donors (Lipinski definition) is 1. The van der Waals surface area contributed by atoms with E-state index in [1.54, 1.807) is 6.92 Å². The maximum absolute atomic E-state index is 13.0. The van der Waals surface area contributed by atoms with E-state index in [2.05, 4.69) is 0 Å². The summed E-state index contributed by atoms with van der Waals surface area (Å²) in [6, 6.07) is 0.763. The minimum absolute atomic E-state index is 0. The molecular formula is C9H11ClF3N. The molecule has 0 radical (unpaired) electrons. The highest BCUT2D eigenvalue weighted by atomic mass is 35.5. The molecule has 0 saturated carbocycles. The Bertz CT molecular complexity index is 317. The molecule has 0 aliphatic carbocycles. The van der Waals surface area contributed by atoms with Gasteiger partial charge in [0, 0.05) is 17.7 Å². The zero-order valence-electron chi connectivity index (χ0n) is 7.56. The lowest BCUT2D eigenvalue weighted by Gasteiger charge is -2.10. The van der Waals surface area contributed by atoms with Gasteiger partial charge in [-0.15, -0.1) is 12.4 Å². The van der Waals surface area contributed by atoms with Crippen molar-refractivity contribution in [2.75, 3.05) is 0 Å². The topological polar surface area (TPSA) is 26.0 Å². The second-order valence-corrected chi connectivity index (χ2v) is 2.81. The van der Waals surface area contributed by atoms with E-state index in [4.69, 9.17) is 5.73 Å². The van der Waals surface area contributed by atoms with Crippen molar-refractivity contribution in [3.63, 3.8) is 0 Å². The summed E-state index contributed by atoms with van der Waals surface area (Å²) in [4.78, 5) is 0. The van der Waals surface area contributed by atoms with Gasteiger partial charge in [-0.2, -0.15) is 0 Å². The summed E-state index contributed by atoms with van der Waals surface area (Å²) in [6.07, 6.45) is 0.430. The first-order chi connectivity index (χ1) is 6.06. The second-order valence-electron chi connectivity index (χ2n) is 2.81. The molecule has 0 aliphatic rings. The van der Waals surface area contributed by atoms with Crippen molar-refractivity contribution in [3.8, 4) is 0 Å². The van der Waals surface area contributed by atoms with Crippen LogP contribution < -0.4 is 5.73 Å². The van der Waals surface area contributed by atoms with Crippen LogP contribution in [0.5, 0.6) is 0 Å². The van der Waals surface area contributed by atoms with E-state index in [-0.39, 0.29) is 18.0 Å². The van der Waals surface area contributed by atoms with Crippen LogP contribution in [-0.2, 0) is 0 Å².